The van der Waals surface area contributed by atoms with Gasteiger partial charge < -0.3 is 4.57 Å². The lowest BCUT2D eigenvalue weighted by molar-refractivity contribution is 0.0965. The second-order valence-corrected chi connectivity index (χ2v) is 5.32. The van der Waals surface area contributed by atoms with Gasteiger partial charge in [-0.2, -0.15) is 0 Å². The fraction of sp³-hybridized carbons (Fsp3) is 0.312. The standard InChI is InChI=1S/C16H18N4O2/c1-4-18-11(2)9-13(12(18)3)14(21)10-20-16(22)19-8-6-5-7-15(19)17-20/h5-9H,4,10H2,1-3H3. The molecule has 3 aromatic heterocycles. The number of hydrogen-bond donors (Lipinski definition) is 0. The third kappa shape index (κ3) is 2.16. The van der Waals surface area contributed by atoms with Crippen LogP contribution in [0.3, 0.4) is 0 Å². The van der Waals surface area contributed by atoms with Crippen LogP contribution in [0.5, 0.6) is 0 Å². The first kappa shape index (κ1) is 14.3. The first-order valence-corrected chi connectivity index (χ1v) is 7.27. The molecule has 0 aliphatic rings. The molecule has 3 aromatic rings. The van der Waals surface area contributed by atoms with Crippen molar-refractivity contribution in [2.45, 2.75) is 33.9 Å². The summed E-state index contributed by atoms with van der Waals surface area (Å²) in [4.78, 5) is 24.7. The molecule has 3 heterocycles. The summed E-state index contributed by atoms with van der Waals surface area (Å²) in [7, 11) is 0. The zero-order chi connectivity index (χ0) is 15.9. The van der Waals surface area contributed by atoms with Crippen LogP contribution in [0.4, 0.5) is 0 Å². The van der Waals surface area contributed by atoms with E-state index in [0.717, 1.165) is 17.9 Å². The van der Waals surface area contributed by atoms with Crippen molar-refractivity contribution in [1.29, 1.82) is 0 Å². The molecule has 22 heavy (non-hydrogen) atoms. The van der Waals surface area contributed by atoms with Crippen LogP contribution in [0.15, 0.2) is 35.3 Å². The van der Waals surface area contributed by atoms with Gasteiger partial charge in [0.05, 0.1) is 0 Å². The van der Waals surface area contributed by atoms with E-state index in [2.05, 4.69) is 9.67 Å². The van der Waals surface area contributed by atoms with Gasteiger partial charge in [0.2, 0.25) is 0 Å². The zero-order valence-corrected chi connectivity index (χ0v) is 12.9. The minimum atomic E-state index is -0.298. The Hall–Kier alpha value is -2.63. The van der Waals surface area contributed by atoms with Gasteiger partial charge in [0.15, 0.2) is 11.4 Å². The molecule has 6 nitrogen and oxygen atoms in total. The van der Waals surface area contributed by atoms with E-state index in [-0.39, 0.29) is 18.0 Å². The first-order valence-electron chi connectivity index (χ1n) is 7.27. The van der Waals surface area contributed by atoms with Gasteiger partial charge in [-0.1, -0.05) is 6.07 Å². The van der Waals surface area contributed by atoms with Crippen molar-refractivity contribution in [3.05, 3.63) is 57.9 Å². The largest absolute Gasteiger partial charge is 0.350 e. The Morgan fingerprint density at radius 2 is 2.05 bits per heavy atom. The molecule has 0 saturated carbocycles. The van der Waals surface area contributed by atoms with Gasteiger partial charge in [-0.3, -0.25) is 9.20 Å². The Morgan fingerprint density at radius 1 is 1.27 bits per heavy atom. The summed E-state index contributed by atoms with van der Waals surface area (Å²) in [6, 6.07) is 7.19. The number of carbonyl (C=O) groups is 1. The van der Waals surface area contributed by atoms with Crippen molar-refractivity contribution in [3.8, 4) is 0 Å². The average molecular weight is 298 g/mol. The van der Waals surface area contributed by atoms with Gasteiger partial charge in [-0.05, 0) is 39.0 Å². The number of Topliss-reactive ketones (excluding diaryl/α,β-unsaturated/α-hetero) is 1. The van der Waals surface area contributed by atoms with Crippen molar-refractivity contribution < 1.29 is 4.79 Å². The number of rotatable bonds is 4. The van der Waals surface area contributed by atoms with Gasteiger partial charge in [0, 0.05) is 29.7 Å². The maximum Gasteiger partial charge on any atom is 0.350 e. The van der Waals surface area contributed by atoms with E-state index < -0.39 is 0 Å². The minimum Gasteiger partial charge on any atom is -0.349 e. The van der Waals surface area contributed by atoms with Crippen LogP contribution in [-0.2, 0) is 13.1 Å². The highest BCUT2D eigenvalue weighted by Crippen LogP contribution is 2.16. The van der Waals surface area contributed by atoms with Crippen LogP contribution in [0.25, 0.3) is 5.65 Å². The molecular formula is C16H18N4O2. The lowest BCUT2D eigenvalue weighted by Gasteiger charge is -2.05. The monoisotopic (exact) mass is 298 g/mol. The highest BCUT2D eigenvalue weighted by atomic mass is 16.2. The SMILES string of the molecule is CCn1c(C)cc(C(=O)Cn2nc3ccccn3c2=O)c1C. The molecule has 0 saturated heterocycles. The number of ketones is 1. The highest BCUT2D eigenvalue weighted by molar-refractivity contribution is 5.97. The zero-order valence-electron chi connectivity index (χ0n) is 12.9. The molecule has 0 unspecified atom stereocenters. The molecular weight excluding hydrogens is 280 g/mol. The van der Waals surface area contributed by atoms with E-state index >= 15 is 0 Å². The second kappa shape index (κ2) is 5.29. The van der Waals surface area contributed by atoms with E-state index in [0.29, 0.717) is 11.2 Å². The molecule has 0 aliphatic heterocycles. The van der Waals surface area contributed by atoms with E-state index in [1.807, 2.05) is 32.9 Å². The number of aromatic nitrogens is 4. The molecule has 0 fully saturated rings. The van der Waals surface area contributed by atoms with Crippen molar-refractivity contribution in [3.63, 3.8) is 0 Å². The number of fused-ring (bicyclic) bond motifs is 1. The molecule has 0 N–H and O–H groups in total. The Labute approximate surface area is 127 Å². The van der Waals surface area contributed by atoms with Crippen molar-refractivity contribution in [1.82, 2.24) is 18.7 Å². The molecule has 0 spiro atoms. The lowest BCUT2D eigenvalue weighted by Crippen LogP contribution is -2.25. The van der Waals surface area contributed by atoms with Crippen LogP contribution in [-0.4, -0.2) is 24.5 Å². The third-order valence-corrected chi connectivity index (χ3v) is 3.97. The summed E-state index contributed by atoms with van der Waals surface area (Å²) < 4.78 is 4.73. The Kier molecular flexibility index (Phi) is 3.44. The molecule has 0 bridgehead atoms. The molecule has 0 amide bonds. The van der Waals surface area contributed by atoms with Crippen LogP contribution in [0, 0.1) is 13.8 Å². The maximum atomic E-state index is 12.5. The summed E-state index contributed by atoms with van der Waals surface area (Å²) in [6.45, 7) is 6.72. The third-order valence-electron chi connectivity index (χ3n) is 3.97. The van der Waals surface area contributed by atoms with Gasteiger partial charge in [-0.25, -0.2) is 9.48 Å². The maximum absolute atomic E-state index is 12.5. The fourth-order valence-corrected chi connectivity index (χ4v) is 2.86. The lowest BCUT2D eigenvalue weighted by atomic mass is 10.1. The van der Waals surface area contributed by atoms with Crippen molar-refractivity contribution >= 4 is 11.4 Å². The quantitative estimate of drug-likeness (QED) is 0.690. The number of hydrogen-bond acceptors (Lipinski definition) is 3. The summed E-state index contributed by atoms with van der Waals surface area (Å²) in [5.74, 6) is -0.0988. The van der Waals surface area contributed by atoms with E-state index in [1.54, 1.807) is 18.3 Å². The number of carbonyl (C=O) groups excluding carboxylic acids is 1. The Bertz CT molecular complexity index is 914. The first-order chi connectivity index (χ1) is 10.5. The summed E-state index contributed by atoms with van der Waals surface area (Å²) in [5.41, 5.74) is 2.88. The minimum absolute atomic E-state index is 0.0471. The molecule has 0 atom stereocenters. The topological polar surface area (TPSA) is 61.3 Å². The predicted molar refractivity (Wildman–Crippen MR) is 83.4 cm³/mol. The molecule has 6 heteroatoms. The van der Waals surface area contributed by atoms with Gasteiger partial charge >= 0.3 is 5.69 Å². The molecule has 3 rings (SSSR count). The number of aryl methyl sites for hydroxylation is 1. The van der Waals surface area contributed by atoms with E-state index in [1.165, 1.54) is 9.08 Å². The van der Waals surface area contributed by atoms with E-state index in [4.69, 9.17) is 0 Å². The normalized spacial score (nSPS) is 11.2. The average Bonchev–Trinajstić information content (AvgIpc) is 2.97. The second-order valence-electron chi connectivity index (χ2n) is 5.32. The fourth-order valence-electron chi connectivity index (χ4n) is 2.86. The molecule has 0 radical (unpaired) electrons. The van der Waals surface area contributed by atoms with Crippen molar-refractivity contribution in [2.75, 3.05) is 0 Å². The molecule has 114 valence electrons. The smallest absolute Gasteiger partial charge is 0.349 e. The van der Waals surface area contributed by atoms with E-state index in [9.17, 15) is 9.59 Å². The van der Waals surface area contributed by atoms with Gasteiger partial charge in [0.1, 0.15) is 6.54 Å². The summed E-state index contributed by atoms with van der Waals surface area (Å²) in [5, 5.41) is 4.20. The Balaban J connectivity index is 1.97. The number of nitrogens with zero attached hydrogens (tertiary/aromatic N) is 4. The van der Waals surface area contributed by atoms with Gasteiger partial charge in [0.25, 0.3) is 0 Å². The van der Waals surface area contributed by atoms with Gasteiger partial charge in [-0.15, -0.1) is 5.10 Å². The molecule has 0 aromatic carbocycles. The number of pyridine rings is 1. The van der Waals surface area contributed by atoms with Crippen molar-refractivity contribution in [2.24, 2.45) is 0 Å². The van der Waals surface area contributed by atoms with Crippen LogP contribution < -0.4 is 5.69 Å². The molecule has 0 aliphatic carbocycles. The summed E-state index contributed by atoms with van der Waals surface area (Å²) >= 11 is 0. The summed E-state index contributed by atoms with van der Waals surface area (Å²) in [6.07, 6.45) is 1.65. The highest BCUT2D eigenvalue weighted by Gasteiger charge is 2.17. The Morgan fingerprint density at radius 3 is 2.68 bits per heavy atom. The predicted octanol–water partition coefficient (Wildman–Crippen LogP) is 1.82. The van der Waals surface area contributed by atoms with Crippen LogP contribution in [0.1, 0.15) is 28.7 Å². The van der Waals surface area contributed by atoms with Crippen LogP contribution in [0.2, 0.25) is 0 Å². The van der Waals surface area contributed by atoms with Crippen LogP contribution >= 0.6 is 0 Å².